The molecule has 0 amide bonds. The molecule has 13 heavy (non-hydrogen) atoms. The van der Waals surface area contributed by atoms with E-state index in [1.807, 2.05) is 0 Å². The van der Waals surface area contributed by atoms with Crippen LogP contribution in [-0.2, 0) is 4.79 Å². The van der Waals surface area contributed by atoms with Crippen molar-refractivity contribution in [2.75, 3.05) is 26.7 Å². The molecule has 0 aromatic rings. The Bertz CT molecular complexity index is 122. The Morgan fingerprint density at radius 1 is 1.54 bits per heavy atom. The molecule has 6 nitrogen and oxygen atoms in total. The van der Waals surface area contributed by atoms with Gasteiger partial charge in [-0.15, -0.1) is 0 Å². The number of aliphatic carboxylic acids is 1. The van der Waals surface area contributed by atoms with Gasteiger partial charge in [-0.1, -0.05) is 0 Å². The van der Waals surface area contributed by atoms with E-state index >= 15 is 0 Å². The number of nitrogens with one attached hydrogen (secondary N) is 1. The molecule has 0 heterocycles. The quantitative estimate of drug-likeness (QED) is 0.342. The second-order valence-electron chi connectivity index (χ2n) is 2.39. The van der Waals surface area contributed by atoms with E-state index in [-0.39, 0.29) is 6.54 Å². The van der Waals surface area contributed by atoms with Crippen LogP contribution in [-0.4, -0.2) is 49.0 Å². The summed E-state index contributed by atoms with van der Waals surface area (Å²) in [5.74, 6) is -0.822. The molecule has 0 aliphatic heterocycles. The fourth-order valence-electron chi connectivity index (χ4n) is 0.461. The first-order valence-corrected chi connectivity index (χ1v) is 4.03. The minimum Gasteiger partial charge on any atom is -0.480 e. The summed E-state index contributed by atoms with van der Waals surface area (Å²) in [4.78, 5) is 9.54. The Labute approximate surface area is 77.9 Å². The Morgan fingerprint density at radius 2 is 2.08 bits per heavy atom. The highest BCUT2D eigenvalue weighted by Gasteiger charge is 1.95. The van der Waals surface area contributed by atoms with E-state index in [9.17, 15) is 4.79 Å². The monoisotopic (exact) mass is 193 g/mol. The van der Waals surface area contributed by atoms with E-state index in [0.717, 1.165) is 0 Å². The van der Waals surface area contributed by atoms with Crippen molar-refractivity contribution in [1.82, 2.24) is 5.32 Å². The van der Waals surface area contributed by atoms with Gasteiger partial charge in [-0.05, 0) is 20.0 Å². The largest absolute Gasteiger partial charge is 0.480 e. The van der Waals surface area contributed by atoms with E-state index < -0.39 is 12.1 Å². The minimum atomic E-state index is -0.822. The number of carboxylic acids is 1. The first kappa shape index (κ1) is 14.8. The lowest BCUT2D eigenvalue weighted by Crippen LogP contribution is -2.22. The predicted molar refractivity (Wildman–Crippen MR) is 50.3 cm³/mol. The van der Waals surface area contributed by atoms with Crippen LogP contribution in [0, 0.1) is 0 Å². The lowest BCUT2D eigenvalue weighted by Gasteiger charge is -2.01. The van der Waals surface area contributed by atoms with Crippen molar-refractivity contribution >= 4 is 5.97 Å². The first-order valence-electron chi connectivity index (χ1n) is 4.03. The van der Waals surface area contributed by atoms with Gasteiger partial charge in [0.05, 0.1) is 12.6 Å². The van der Waals surface area contributed by atoms with Gasteiger partial charge in [0.15, 0.2) is 0 Å². The highest BCUT2D eigenvalue weighted by atomic mass is 16.4. The molecule has 0 aliphatic carbocycles. The number of likely N-dealkylation sites (N-methyl/N-ethyl adjacent to an activating group) is 1. The lowest BCUT2D eigenvalue weighted by molar-refractivity contribution is -0.135. The molecule has 0 aliphatic rings. The summed E-state index contributed by atoms with van der Waals surface area (Å²) in [7, 11) is 1.59. The SMILES string of the molecule is CNCC(=O)O.NCCC(O)CN. The summed E-state index contributed by atoms with van der Waals surface area (Å²) >= 11 is 0. The Hall–Kier alpha value is -0.690. The molecule has 0 fully saturated rings. The van der Waals surface area contributed by atoms with Crippen LogP contribution in [0.25, 0.3) is 0 Å². The number of carboxylic acid groups (broad SMARTS) is 1. The van der Waals surface area contributed by atoms with Gasteiger partial charge in [-0.3, -0.25) is 4.79 Å². The summed E-state index contributed by atoms with van der Waals surface area (Å²) < 4.78 is 0. The molecule has 0 radical (unpaired) electrons. The second-order valence-corrected chi connectivity index (χ2v) is 2.39. The van der Waals surface area contributed by atoms with Crippen LogP contribution in [0.15, 0.2) is 0 Å². The zero-order valence-corrected chi connectivity index (χ0v) is 7.86. The van der Waals surface area contributed by atoms with Gasteiger partial charge in [0.2, 0.25) is 0 Å². The zero-order chi connectivity index (χ0) is 10.7. The predicted octanol–water partition coefficient (Wildman–Crippen LogP) is -2.05. The van der Waals surface area contributed by atoms with Crippen LogP contribution in [0.5, 0.6) is 0 Å². The number of hydrogen-bond acceptors (Lipinski definition) is 5. The molecule has 0 saturated heterocycles. The average molecular weight is 193 g/mol. The summed E-state index contributed by atoms with van der Waals surface area (Å²) in [6.07, 6.45) is 0.209. The fraction of sp³-hybridized carbons (Fsp3) is 0.857. The van der Waals surface area contributed by atoms with Crippen LogP contribution in [0.1, 0.15) is 6.42 Å². The number of carbonyl (C=O) groups is 1. The average Bonchev–Trinajstić information content (AvgIpc) is 2.05. The van der Waals surface area contributed by atoms with E-state index in [4.69, 9.17) is 21.7 Å². The number of rotatable bonds is 5. The van der Waals surface area contributed by atoms with E-state index in [1.165, 1.54) is 0 Å². The van der Waals surface area contributed by atoms with Crippen molar-refractivity contribution in [3.8, 4) is 0 Å². The van der Waals surface area contributed by atoms with Crippen molar-refractivity contribution in [2.24, 2.45) is 11.5 Å². The fourth-order valence-corrected chi connectivity index (χ4v) is 0.461. The molecule has 0 saturated carbocycles. The molecule has 7 N–H and O–H groups in total. The summed E-state index contributed by atoms with van der Waals surface area (Å²) in [5, 5.41) is 19.0. The highest BCUT2D eigenvalue weighted by Crippen LogP contribution is 1.81. The molecule has 1 unspecified atom stereocenters. The standard InChI is InChI=1S/C4H12N2O.C3H7NO2/c5-2-1-4(7)3-6;1-4-2-3(5)6/h4,7H,1-3,5-6H2;4H,2H2,1H3,(H,5,6). The maximum atomic E-state index is 9.54. The molecule has 80 valence electrons. The third-order valence-electron chi connectivity index (χ3n) is 1.10. The molecule has 1 atom stereocenters. The molecule has 6 heteroatoms. The summed E-state index contributed by atoms with van der Waals surface area (Å²) in [5.41, 5.74) is 10.1. The van der Waals surface area contributed by atoms with E-state index in [1.54, 1.807) is 7.05 Å². The summed E-state index contributed by atoms with van der Waals surface area (Å²) in [6.45, 7) is 0.871. The summed E-state index contributed by atoms with van der Waals surface area (Å²) in [6, 6.07) is 0. The number of aliphatic hydroxyl groups excluding tert-OH is 1. The number of nitrogens with two attached hydrogens (primary N) is 2. The third-order valence-corrected chi connectivity index (χ3v) is 1.10. The van der Waals surface area contributed by atoms with Crippen molar-refractivity contribution in [3.05, 3.63) is 0 Å². The molecule has 0 bridgehead atoms. The van der Waals surface area contributed by atoms with Crippen LogP contribution in [0.2, 0.25) is 0 Å². The van der Waals surface area contributed by atoms with Gasteiger partial charge in [-0.25, -0.2) is 0 Å². The van der Waals surface area contributed by atoms with Gasteiger partial charge in [0, 0.05) is 6.54 Å². The Kier molecular flexibility index (Phi) is 12.9. The second kappa shape index (κ2) is 11.3. The van der Waals surface area contributed by atoms with E-state index in [0.29, 0.717) is 19.5 Å². The Balaban J connectivity index is 0. The first-order chi connectivity index (χ1) is 6.08. The molecular formula is C7H19N3O3. The van der Waals surface area contributed by atoms with Gasteiger partial charge in [0.25, 0.3) is 0 Å². The molecule has 0 aromatic carbocycles. The normalized spacial score (nSPS) is 11.4. The van der Waals surface area contributed by atoms with Crippen molar-refractivity contribution in [3.63, 3.8) is 0 Å². The Morgan fingerprint density at radius 3 is 2.15 bits per heavy atom. The molecular weight excluding hydrogens is 174 g/mol. The van der Waals surface area contributed by atoms with Crippen molar-refractivity contribution in [2.45, 2.75) is 12.5 Å². The topological polar surface area (TPSA) is 122 Å². The van der Waals surface area contributed by atoms with Crippen molar-refractivity contribution in [1.29, 1.82) is 0 Å². The molecule has 0 aromatic heterocycles. The highest BCUT2D eigenvalue weighted by molar-refractivity contribution is 5.68. The lowest BCUT2D eigenvalue weighted by atomic mass is 10.3. The van der Waals surface area contributed by atoms with E-state index in [2.05, 4.69) is 5.32 Å². The smallest absolute Gasteiger partial charge is 0.317 e. The van der Waals surface area contributed by atoms with Crippen LogP contribution >= 0.6 is 0 Å². The number of hydrogen-bond donors (Lipinski definition) is 5. The van der Waals surface area contributed by atoms with Crippen molar-refractivity contribution < 1.29 is 15.0 Å². The van der Waals surface area contributed by atoms with Crippen LogP contribution < -0.4 is 16.8 Å². The third kappa shape index (κ3) is 18.3. The molecule has 0 rings (SSSR count). The molecule has 0 spiro atoms. The van der Waals surface area contributed by atoms with Gasteiger partial charge in [0.1, 0.15) is 0 Å². The van der Waals surface area contributed by atoms with Gasteiger partial charge in [-0.2, -0.15) is 0 Å². The van der Waals surface area contributed by atoms with Gasteiger partial charge >= 0.3 is 5.97 Å². The van der Waals surface area contributed by atoms with Crippen LogP contribution in [0.3, 0.4) is 0 Å². The zero-order valence-electron chi connectivity index (χ0n) is 7.86. The maximum Gasteiger partial charge on any atom is 0.317 e. The number of aliphatic hydroxyl groups is 1. The van der Waals surface area contributed by atoms with Gasteiger partial charge < -0.3 is 27.0 Å². The minimum absolute atomic E-state index is 0.0417. The maximum absolute atomic E-state index is 9.54. The van der Waals surface area contributed by atoms with Crippen LogP contribution in [0.4, 0.5) is 0 Å².